The summed E-state index contributed by atoms with van der Waals surface area (Å²) >= 11 is 0. The molecule has 1 aromatic rings. The summed E-state index contributed by atoms with van der Waals surface area (Å²) in [6, 6.07) is 4.63. The second-order valence-corrected chi connectivity index (χ2v) is 6.04. The maximum atomic E-state index is 14.2. The van der Waals surface area contributed by atoms with Gasteiger partial charge in [-0.25, -0.2) is 0 Å². The van der Waals surface area contributed by atoms with Crippen molar-refractivity contribution in [1.82, 2.24) is 0 Å². The fourth-order valence-corrected chi connectivity index (χ4v) is 2.57. The minimum Gasteiger partial charge on any atom is -0.497 e. The van der Waals surface area contributed by atoms with Crippen LogP contribution in [0.25, 0.3) is 0 Å². The monoisotopic (exact) mass is 342 g/mol. The molecule has 0 heterocycles. The van der Waals surface area contributed by atoms with Crippen LogP contribution in [0.2, 0.25) is 0 Å². The van der Waals surface area contributed by atoms with Crippen molar-refractivity contribution in [1.29, 1.82) is 0 Å². The smallest absolute Gasteiger partial charge is 0.309 e. The first-order valence-electron chi connectivity index (χ1n) is 8.56. The van der Waals surface area contributed by atoms with E-state index in [1.165, 1.54) is 26.4 Å². The lowest BCUT2D eigenvalue weighted by molar-refractivity contribution is -0.143. The number of Topliss-reactive ketones (excluding diaryl/α,β-unsaturated/α-hetero) is 1. The number of hydrogen-bond donors (Lipinski definition) is 0. The molecule has 24 heavy (non-hydrogen) atoms. The number of ketones is 1. The van der Waals surface area contributed by atoms with Gasteiger partial charge in [0, 0.05) is 18.9 Å². The Balaban J connectivity index is 2.56. The first kappa shape index (κ1) is 20.4. The van der Waals surface area contributed by atoms with Crippen molar-refractivity contribution >= 4 is 5.78 Å². The molecule has 0 amide bonds. The van der Waals surface area contributed by atoms with Crippen LogP contribution in [0.15, 0.2) is 18.2 Å². The second-order valence-electron chi connectivity index (χ2n) is 6.04. The third kappa shape index (κ3) is 6.85. The number of methoxy groups -OCH3 is 2. The highest BCUT2D eigenvalue weighted by Crippen LogP contribution is 2.29. The van der Waals surface area contributed by atoms with Crippen LogP contribution in [0.3, 0.4) is 0 Å². The molecule has 0 aliphatic carbocycles. The summed E-state index contributed by atoms with van der Waals surface area (Å²) in [6.07, 6.45) is 5.05. The average molecular weight is 342 g/mol. The van der Waals surface area contributed by atoms with Gasteiger partial charge in [0.1, 0.15) is 11.5 Å². The van der Waals surface area contributed by atoms with Crippen molar-refractivity contribution in [2.45, 2.75) is 64.2 Å². The number of halogens is 2. The summed E-state index contributed by atoms with van der Waals surface area (Å²) in [5, 5.41) is 0. The Bertz CT molecular complexity index is 493. The molecule has 5 heteroatoms. The van der Waals surface area contributed by atoms with Gasteiger partial charge >= 0.3 is 5.92 Å². The molecular formula is C19H28F2O3. The van der Waals surface area contributed by atoms with Crippen molar-refractivity contribution in [2.24, 2.45) is 0 Å². The average Bonchev–Trinajstić information content (AvgIpc) is 2.56. The van der Waals surface area contributed by atoms with Gasteiger partial charge in [-0.1, -0.05) is 39.0 Å². The molecule has 136 valence electrons. The minimum absolute atomic E-state index is 0.0692. The van der Waals surface area contributed by atoms with Gasteiger partial charge in [0.15, 0.2) is 0 Å². The Morgan fingerprint density at radius 3 is 2.04 bits per heavy atom. The van der Waals surface area contributed by atoms with Crippen molar-refractivity contribution in [3.05, 3.63) is 23.8 Å². The zero-order chi connectivity index (χ0) is 18.0. The van der Waals surface area contributed by atoms with Crippen molar-refractivity contribution < 1.29 is 23.0 Å². The fraction of sp³-hybridized carbons (Fsp3) is 0.632. The lowest BCUT2D eigenvalue weighted by Crippen LogP contribution is -2.31. The molecule has 0 fully saturated rings. The van der Waals surface area contributed by atoms with Crippen LogP contribution in [0.5, 0.6) is 11.5 Å². The molecule has 0 atom stereocenters. The first-order chi connectivity index (χ1) is 11.4. The zero-order valence-electron chi connectivity index (χ0n) is 14.9. The van der Waals surface area contributed by atoms with Crippen molar-refractivity contribution in [2.75, 3.05) is 14.2 Å². The van der Waals surface area contributed by atoms with Crippen LogP contribution in [-0.4, -0.2) is 25.9 Å². The molecule has 0 bridgehead atoms. The summed E-state index contributed by atoms with van der Waals surface area (Å²) in [6.45, 7) is 2.12. The first-order valence-corrected chi connectivity index (χ1v) is 8.56. The Morgan fingerprint density at radius 1 is 0.958 bits per heavy atom. The normalized spacial score (nSPS) is 11.4. The van der Waals surface area contributed by atoms with Gasteiger partial charge in [-0.15, -0.1) is 0 Å². The third-order valence-electron chi connectivity index (χ3n) is 4.00. The van der Waals surface area contributed by atoms with Crippen LogP contribution >= 0.6 is 0 Å². The number of carbonyl (C=O) groups is 1. The molecule has 0 N–H and O–H groups in total. The molecule has 0 radical (unpaired) electrons. The summed E-state index contributed by atoms with van der Waals surface area (Å²) in [7, 11) is 2.92. The lowest BCUT2D eigenvalue weighted by Gasteiger charge is -2.16. The molecule has 1 aromatic carbocycles. The maximum Gasteiger partial charge on any atom is 0.309 e. The Labute approximate surface area is 143 Å². The molecule has 0 aromatic heterocycles. The number of unbranched alkanes of at least 4 members (excludes halogenated alkanes) is 5. The predicted molar refractivity (Wildman–Crippen MR) is 91.2 cm³/mol. The largest absolute Gasteiger partial charge is 0.497 e. The van der Waals surface area contributed by atoms with Crippen LogP contribution in [0, 0.1) is 0 Å². The van der Waals surface area contributed by atoms with Crippen LogP contribution < -0.4 is 9.47 Å². The summed E-state index contributed by atoms with van der Waals surface area (Å²) in [5.41, 5.74) is 0.326. The van der Waals surface area contributed by atoms with E-state index in [4.69, 9.17) is 9.47 Å². The number of hydrogen-bond acceptors (Lipinski definition) is 3. The van der Waals surface area contributed by atoms with Crippen LogP contribution in [0.1, 0.15) is 57.4 Å². The number of alkyl halides is 2. The molecule has 1 rings (SSSR count). The second kappa shape index (κ2) is 10.3. The Hall–Kier alpha value is -1.65. The van der Waals surface area contributed by atoms with Gasteiger partial charge in [-0.05, 0) is 24.1 Å². The predicted octanol–water partition coefficient (Wildman–Crippen LogP) is 5.20. The van der Waals surface area contributed by atoms with E-state index in [0.717, 1.165) is 32.1 Å². The van der Waals surface area contributed by atoms with Gasteiger partial charge in [0.2, 0.25) is 5.78 Å². The van der Waals surface area contributed by atoms with E-state index in [-0.39, 0.29) is 6.42 Å². The van der Waals surface area contributed by atoms with E-state index in [2.05, 4.69) is 6.92 Å². The molecular weight excluding hydrogens is 314 g/mol. The molecule has 3 nitrogen and oxygen atoms in total. The number of carbonyl (C=O) groups excluding carboxylic acids is 1. The van der Waals surface area contributed by atoms with Crippen molar-refractivity contribution in [3.63, 3.8) is 0 Å². The third-order valence-corrected chi connectivity index (χ3v) is 4.00. The number of ether oxygens (including phenoxy) is 2. The van der Waals surface area contributed by atoms with Crippen LogP contribution in [-0.2, 0) is 11.2 Å². The topological polar surface area (TPSA) is 35.5 Å². The van der Waals surface area contributed by atoms with E-state index < -0.39 is 18.1 Å². The molecule has 0 aliphatic heterocycles. The van der Waals surface area contributed by atoms with Gasteiger partial charge in [0.05, 0.1) is 14.2 Å². The number of rotatable bonds is 12. The van der Waals surface area contributed by atoms with Crippen molar-refractivity contribution in [3.8, 4) is 11.5 Å². The highest BCUT2D eigenvalue weighted by Gasteiger charge is 2.37. The maximum absolute atomic E-state index is 14.2. The highest BCUT2D eigenvalue weighted by molar-refractivity contribution is 5.85. The fourth-order valence-electron chi connectivity index (χ4n) is 2.57. The highest BCUT2D eigenvalue weighted by atomic mass is 19.3. The van der Waals surface area contributed by atoms with E-state index in [9.17, 15) is 13.6 Å². The lowest BCUT2D eigenvalue weighted by atomic mass is 9.99. The van der Waals surface area contributed by atoms with E-state index in [0.29, 0.717) is 23.5 Å². The standard InChI is InChI=1S/C19H28F2O3/c1-4-5-6-7-8-9-10-18(22)19(20,21)14-15-11-16(23-2)13-17(12-15)24-3/h11-13H,4-10,14H2,1-3H3. The Kier molecular flexibility index (Phi) is 8.72. The number of benzene rings is 1. The quantitative estimate of drug-likeness (QED) is 0.490. The SMILES string of the molecule is CCCCCCCCC(=O)C(F)(F)Cc1cc(OC)cc(OC)c1. The van der Waals surface area contributed by atoms with Gasteiger partial charge in [-0.3, -0.25) is 4.79 Å². The summed E-state index contributed by atoms with van der Waals surface area (Å²) in [5.74, 6) is -3.48. The van der Waals surface area contributed by atoms with E-state index in [1.54, 1.807) is 6.07 Å². The molecule has 0 saturated heterocycles. The summed E-state index contributed by atoms with van der Waals surface area (Å²) in [4.78, 5) is 11.9. The van der Waals surface area contributed by atoms with Gasteiger partial charge in [0.25, 0.3) is 0 Å². The van der Waals surface area contributed by atoms with E-state index >= 15 is 0 Å². The van der Waals surface area contributed by atoms with Gasteiger partial charge < -0.3 is 9.47 Å². The Morgan fingerprint density at radius 2 is 1.50 bits per heavy atom. The zero-order valence-corrected chi connectivity index (χ0v) is 14.9. The van der Waals surface area contributed by atoms with Gasteiger partial charge in [-0.2, -0.15) is 8.78 Å². The molecule has 0 saturated carbocycles. The molecule has 0 unspecified atom stereocenters. The van der Waals surface area contributed by atoms with Crippen LogP contribution in [0.4, 0.5) is 8.78 Å². The molecule has 0 spiro atoms. The minimum atomic E-state index is -3.36. The molecule has 0 aliphatic rings. The van der Waals surface area contributed by atoms with E-state index in [1.807, 2.05) is 0 Å². The summed E-state index contributed by atoms with van der Waals surface area (Å²) < 4.78 is 38.5.